The van der Waals surface area contributed by atoms with Crippen LogP contribution in [0.2, 0.25) is 0 Å². The number of urea groups is 1. The molecule has 7 nitrogen and oxygen atoms in total. The van der Waals surface area contributed by atoms with E-state index in [4.69, 9.17) is 4.74 Å². The largest absolute Gasteiger partial charge is 0.508 e. The maximum Gasteiger partial charge on any atom is 0.335 e. The summed E-state index contributed by atoms with van der Waals surface area (Å²) in [5.41, 5.74) is 0.694. The molecule has 1 aliphatic rings. The van der Waals surface area contributed by atoms with Crippen LogP contribution in [0.4, 0.5) is 10.5 Å². The van der Waals surface area contributed by atoms with Gasteiger partial charge in [0, 0.05) is 0 Å². The standard InChI is InChI=1S/C20H18N2O5/c1-12(2)27-16-9-3-13(4-10-16)11-17-18(24)21-20(26)22(19(17)25)14-5-7-15(23)8-6-14/h3-12,23H,1-2H3,(H,21,24,26)/b17-11+. The number of carbonyl (C=O) groups is 3. The van der Waals surface area contributed by atoms with E-state index in [2.05, 4.69) is 5.32 Å². The van der Waals surface area contributed by atoms with Gasteiger partial charge in [0.2, 0.25) is 0 Å². The quantitative estimate of drug-likeness (QED) is 0.641. The third-order valence-electron chi connectivity index (χ3n) is 3.77. The summed E-state index contributed by atoms with van der Waals surface area (Å²) in [7, 11) is 0. The summed E-state index contributed by atoms with van der Waals surface area (Å²) < 4.78 is 5.56. The fourth-order valence-electron chi connectivity index (χ4n) is 2.58. The lowest BCUT2D eigenvalue weighted by Gasteiger charge is -2.26. The minimum absolute atomic E-state index is 0.000773. The molecule has 27 heavy (non-hydrogen) atoms. The predicted octanol–water partition coefficient (Wildman–Crippen LogP) is 2.85. The van der Waals surface area contributed by atoms with Crippen LogP contribution in [0, 0.1) is 0 Å². The van der Waals surface area contributed by atoms with Crippen LogP contribution < -0.4 is 15.0 Å². The van der Waals surface area contributed by atoms with Crippen molar-refractivity contribution in [2.75, 3.05) is 4.90 Å². The van der Waals surface area contributed by atoms with E-state index in [0.717, 1.165) is 4.90 Å². The maximum absolute atomic E-state index is 12.7. The number of nitrogens with one attached hydrogen (secondary N) is 1. The fourth-order valence-corrected chi connectivity index (χ4v) is 2.58. The number of hydrogen-bond donors (Lipinski definition) is 2. The highest BCUT2D eigenvalue weighted by atomic mass is 16.5. The van der Waals surface area contributed by atoms with Gasteiger partial charge in [0.05, 0.1) is 11.8 Å². The molecular formula is C20H18N2O5. The van der Waals surface area contributed by atoms with Crippen molar-refractivity contribution in [3.63, 3.8) is 0 Å². The number of benzene rings is 2. The second-order valence-electron chi connectivity index (χ2n) is 6.21. The van der Waals surface area contributed by atoms with E-state index in [-0.39, 0.29) is 23.1 Å². The number of amides is 4. The first-order valence-electron chi connectivity index (χ1n) is 8.32. The first kappa shape index (κ1) is 18.2. The molecule has 0 aromatic heterocycles. The first-order chi connectivity index (χ1) is 12.8. The highest BCUT2D eigenvalue weighted by Gasteiger charge is 2.36. The number of carbonyl (C=O) groups excluding carboxylic acids is 3. The Morgan fingerprint density at radius 3 is 2.22 bits per heavy atom. The molecule has 0 spiro atoms. The summed E-state index contributed by atoms with van der Waals surface area (Å²) in [5.74, 6) is -0.828. The molecule has 0 unspecified atom stereocenters. The van der Waals surface area contributed by atoms with Gasteiger partial charge in [0.15, 0.2) is 0 Å². The molecule has 138 valence electrons. The van der Waals surface area contributed by atoms with Crippen molar-refractivity contribution in [2.24, 2.45) is 0 Å². The Bertz CT molecular complexity index is 914. The summed E-state index contributed by atoms with van der Waals surface area (Å²) in [5, 5.41) is 11.5. The molecule has 3 rings (SSSR count). The number of hydrogen-bond acceptors (Lipinski definition) is 5. The molecule has 4 amide bonds. The van der Waals surface area contributed by atoms with Crippen LogP contribution in [0.3, 0.4) is 0 Å². The molecule has 2 N–H and O–H groups in total. The molecule has 0 aliphatic carbocycles. The number of aromatic hydroxyl groups is 1. The second kappa shape index (κ2) is 7.33. The van der Waals surface area contributed by atoms with Crippen LogP contribution in [0.1, 0.15) is 19.4 Å². The molecule has 0 radical (unpaired) electrons. The topological polar surface area (TPSA) is 95.9 Å². The second-order valence-corrected chi connectivity index (χ2v) is 6.21. The average molecular weight is 366 g/mol. The van der Waals surface area contributed by atoms with Crippen molar-refractivity contribution in [2.45, 2.75) is 20.0 Å². The van der Waals surface area contributed by atoms with Gasteiger partial charge < -0.3 is 9.84 Å². The minimum atomic E-state index is -0.839. The summed E-state index contributed by atoms with van der Waals surface area (Å²) in [6.45, 7) is 3.83. The number of anilines is 1. The van der Waals surface area contributed by atoms with Crippen molar-refractivity contribution >= 4 is 29.6 Å². The molecule has 2 aromatic rings. The predicted molar refractivity (Wildman–Crippen MR) is 99.3 cm³/mol. The smallest absolute Gasteiger partial charge is 0.335 e. The van der Waals surface area contributed by atoms with Gasteiger partial charge in [-0.3, -0.25) is 14.9 Å². The molecule has 1 fully saturated rings. The van der Waals surface area contributed by atoms with Crippen molar-refractivity contribution < 1.29 is 24.2 Å². The van der Waals surface area contributed by atoms with Gasteiger partial charge in [-0.1, -0.05) is 12.1 Å². The molecule has 0 saturated carbocycles. The lowest BCUT2D eigenvalue weighted by Crippen LogP contribution is -2.54. The molecule has 1 heterocycles. The first-order valence-corrected chi connectivity index (χ1v) is 8.32. The molecule has 1 aliphatic heterocycles. The lowest BCUT2D eigenvalue weighted by molar-refractivity contribution is -0.122. The number of imide groups is 2. The molecule has 7 heteroatoms. The highest BCUT2D eigenvalue weighted by Crippen LogP contribution is 2.24. The summed E-state index contributed by atoms with van der Waals surface area (Å²) in [6, 6.07) is 11.6. The Morgan fingerprint density at radius 1 is 1.00 bits per heavy atom. The Balaban J connectivity index is 1.90. The monoisotopic (exact) mass is 366 g/mol. The van der Waals surface area contributed by atoms with Gasteiger partial charge >= 0.3 is 6.03 Å². The number of ether oxygens (including phenoxy) is 1. The van der Waals surface area contributed by atoms with Gasteiger partial charge in [0.25, 0.3) is 11.8 Å². The number of phenolic OH excluding ortho intramolecular Hbond substituents is 1. The molecule has 0 bridgehead atoms. The van der Waals surface area contributed by atoms with E-state index in [9.17, 15) is 19.5 Å². The zero-order valence-electron chi connectivity index (χ0n) is 14.8. The van der Waals surface area contributed by atoms with Gasteiger partial charge in [-0.05, 0) is 61.9 Å². The SMILES string of the molecule is CC(C)Oc1ccc(/C=C2\C(=O)NC(=O)N(c3ccc(O)cc3)C2=O)cc1. The number of nitrogens with zero attached hydrogens (tertiary/aromatic N) is 1. The number of phenols is 1. The lowest BCUT2D eigenvalue weighted by atomic mass is 10.1. The molecule has 0 atom stereocenters. The molecule has 1 saturated heterocycles. The summed E-state index contributed by atoms with van der Waals surface area (Å²) in [6.07, 6.45) is 1.45. The number of barbiturate groups is 1. The van der Waals surface area contributed by atoms with Crippen LogP contribution in [0.25, 0.3) is 6.08 Å². The van der Waals surface area contributed by atoms with Crippen molar-refractivity contribution in [3.05, 3.63) is 59.7 Å². The zero-order valence-corrected chi connectivity index (χ0v) is 14.8. The Kier molecular flexibility index (Phi) is 4.94. The highest BCUT2D eigenvalue weighted by molar-refractivity contribution is 6.39. The van der Waals surface area contributed by atoms with Crippen LogP contribution in [-0.4, -0.2) is 29.1 Å². The van der Waals surface area contributed by atoms with Crippen LogP contribution in [0.5, 0.6) is 11.5 Å². The van der Waals surface area contributed by atoms with E-state index in [1.165, 1.54) is 30.3 Å². The molecule has 2 aromatic carbocycles. The summed E-state index contributed by atoms with van der Waals surface area (Å²) in [4.78, 5) is 37.9. The van der Waals surface area contributed by atoms with E-state index >= 15 is 0 Å². The van der Waals surface area contributed by atoms with Gasteiger partial charge in [-0.2, -0.15) is 0 Å². The van der Waals surface area contributed by atoms with Gasteiger partial charge in [-0.25, -0.2) is 9.69 Å². The van der Waals surface area contributed by atoms with Crippen LogP contribution in [-0.2, 0) is 9.59 Å². The minimum Gasteiger partial charge on any atom is -0.508 e. The van der Waals surface area contributed by atoms with E-state index in [0.29, 0.717) is 11.3 Å². The van der Waals surface area contributed by atoms with Crippen molar-refractivity contribution in [1.29, 1.82) is 0 Å². The normalized spacial score (nSPS) is 16.0. The van der Waals surface area contributed by atoms with Crippen molar-refractivity contribution in [1.82, 2.24) is 5.32 Å². The Morgan fingerprint density at radius 2 is 1.63 bits per heavy atom. The fraction of sp³-hybridized carbons (Fsp3) is 0.150. The van der Waals surface area contributed by atoms with E-state index in [1.54, 1.807) is 24.3 Å². The summed E-state index contributed by atoms with van der Waals surface area (Å²) >= 11 is 0. The van der Waals surface area contributed by atoms with Gasteiger partial charge in [0.1, 0.15) is 17.1 Å². The number of rotatable bonds is 4. The van der Waals surface area contributed by atoms with Gasteiger partial charge in [-0.15, -0.1) is 0 Å². The van der Waals surface area contributed by atoms with E-state index in [1.807, 2.05) is 13.8 Å². The average Bonchev–Trinajstić information content (AvgIpc) is 2.61. The van der Waals surface area contributed by atoms with E-state index < -0.39 is 17.8 Å². The Hall–Kier alpha value is -3.61. The third-order valence-corrected chi connectivity index (χ3v) is 3.77. The third kappa shape index (κ3) is 3.98. The molecular weight excluding hydrogens is 348 g/mol. The zero-order chi connectivity index (χ0) is 19.6. The van der Waals surface area contributed by atoms with Crippen LogP contribution in [0.15, 0.2) is 54.1 Å². The van der Waals surface area contributed by atoms with Crippen LogP contribution >= 0.6 is 0 Å². The Labute approximate surface area is 155 Å². The maximum atomic E-state index is 12.7. The van der Waals surface area contributed by atoms with Crippen molar-refractivity contribution in [3.8, 4) is 11.5 Å².